The molecule has 2 bridgehead atoms. The summed E-state index contributed by atoms with van der Waals surface area (Å²) in [6.45, 7) is 3.60. The minimum Gasteiger partial charge on any atom is -0.485 e. The summed E-state index contributed by atoms with van der Waals surface area (Å²) < 4.78 is 6.16. The first-order valence-electron chi connectivity index (χ1n) is 11.3. The molecule has 32 heavy (non-hydrogen) atoms. The monoisotopic (exact) mass is 474 g/mol. The maximum absolute atomic E-state index is 12.0. The first kappa shape index (κ1) is 21.9. The molecule has 2 aromatic carbocycles. The van der Waals surface area contributed by atoms with E-state index in [0.717, 1.165) is 55.6 Å². The van der Waals surface area contributed by atoms with Crippen molar-refractivity contribution >= 4 is 34.9 Å². The molecule has 3 aliphatic rings. The predicted molar refractivity (Wildman–Crippen MR) is 127 cm³/mol. The second kappa shape index (κ2) is 8.77. The maximum atomic E-state index is 12.0. The predicted octanol–water partition coefficient (Wildman–Crippen LogP) is 5.27. The number of carboxylic acid groups (broad SMARTS) is 1. The Labute approximate surface area is 198 Å². The Bertz CT molecular complexity index is 990. The van der Waals surface area contributed by atoms with Gasteiger partial charge < -0.3 is 20.1 Å². The highest BCUT2D eigenvalue weighted by molar-refractivity contribution is 6.37. The zero-order valence-corrected chi connectivity index (χ0v) is 19.6. The van der Waals surface area contributed by atoms with Crippen LogP contribution in [0, 0.1) is 12.8 Å². The molecule has 3 aliphatic heterocycles. The summed E-state index contributed by atoms with van der Waals surface area (Å²) in [6, 6.07) is 12.7. The van der Waals surface area contributed by atoms with E-state index in [1.807, 2.05) is 19.1 Å². The minimum absolute atomic E-state index is 0.0174. The van der Waals surface area contributed by atoms with Gasteiger partial charge in [0.05, 0.1) is 22.5 Å². The van der Waals surface area contributed by atoms with Gasteiger partial charge in [0.25, 0.3) is 0 Å². The summed E-state index contributed by atoms with van der Waals surface area (Å²) in [5, 5.41) is 14.4. The van der Waals surface area contributed by atoms with Crippen LogP contribution >= 0.6 is 23.2 Å². The van der Waals surface area contributed by atoms with Gasteiger partial charge in [0.1, 0.15) is 6.10 Å². The smallest absolute Gasteiger partial charge is 0.308 e. The molecular weight excluding hydrogens is 447 g/mol. The van der Waals surface area contributed by atoms with Gasteiger partial charge in [0.15, 0.2) is 5.75 Å². The van der Waals surface area contributed by atoms with E-state index in [-0.39, 0.29) is 24.0 Å². The highest BCUT2D eigenvalue weighted by Crippen LogP contribution is 2.42. The van der Waals surface area contributed by atoms with Crippen LogP contribution in [0.2, 0.25) is 10.0 Å². The first-order valence-corrected chi connectivity index (χ1v) is 12.1. The quantitative estimate of drug-likeness (QED) is 0.617. The first-order chi connectivity index (χ1) is 15.4. The van der Waals surface area contributed by atoms with Crippen LogP contribution in [0.25, 0.3) is 0 Å². The normalized spacial score (nSPS) is 29.3. The summed E-state index contributed by atoms with van der Waals surface area (Å²) in [4.78, 5) is 14.3. The number of aryl methyl sites for hydroxylation is 1. The summed E-state index contributed by atoms with van der Waals surface area (Å²) in [7, 11) is 0. The number of nitrogens with one attached hydrogen (secondary N) is 1. The lowest BCUT2D eigenvalue weighted by atomic mass is 9.77. The Morgan fingerprint density at radius 2 is 1.84 bits per heavy atom. The van der Waals surface area contributed by atoms with Crippen LogP contribution in [0.1, 0.15) is 42.7 Å². The van der Waals surface area contributed by atoms with Crippen molar-refractivity contribution in [3.05, 3.63) is 57.6 Å². The molecular formula is C25H28Cl2N2O3. The van der Waals surface area contributed by atoms with Crippen LogP contribution in [0.3, 0.4) is 0 Å². The maximum Gasteiger partial charge on any atom is 0.308 e. The number of carbonyl (C=O) groups is 1. The molecule has 5 rings (SSSR count). The van der Waals surface area contributed by atoms with Crippen molar-refractivity contribution in [2.24, 2.45) is 5.92 Å². The van der Waals surface area contributed by atoms with Gasteiger partial charge in [-0.3, -0.25) is 4.79 Å². The fourth-order valence-electron chi connectivity index (χ4n) is 5.70. The van der Waals surface area contributed by atoms with Crippen molar-refractivity contribution in [1.82, 2.24) is 5.32 Å². The average Bonchev–Trinajstić information content (AvgIpc) is 3.37. The molecule has 170 valence electrons. The van der Waals surface area contributed by atoms with Gasteiger partial charge in [-0.05, 0) is 61.6 Å². The Balaban J connectivity index is 1.27. The summed E-state index contributed by atoms with van der Waals surface area (Å²) in [5.41, 5.74) is 3.27. The highest BCUT2D eigenvalue weighted by atomic mass is 35.5. The molecule has 0 spiro atoms. The Kier molecular flexibility index (Phi) is 5.99. The molecule has 0 aromatic heterocycles. The molecule has 3 saturated heterocycles. The second-order valence-corrected chi connectivity index (χ2v) is 10.2. The van der Waals surface area contributed by atoms with E-state index in [2.05, 4.69) is 34.5 Å². The number of anilines is 1. The molecule has 7 heteroatoms. The number of fused-ring (bicyclic) bond motifs is 2. The minimum atomic E-state index is -0.690. The third-order valence-corrected chi connectivity index (χ3v) is 7.79. The number of hydrogen-bond donors (Lipinski definition) is 2. The van der Waals surface area contributed by atoms with Crippen LogP contribution in [0.4, 0.5) is 5.69 Å². The van der Waals surface area contributed by atoms with Crippen LogP contribution in [0.15, 0.2) is 36.4 Å². The third kappa shape index (κ3) is 4.18. The van der Waals surface area contributed by atoms with Crippen LogP contribution in [-0.4, -0.2) is 42.4 Å². The van der Waals surface area contributed by atoms with Gasteiger partial charge in [-0.25, -0.2) is 0 Å². The Morgan fingerprint density at radius 1 is 1.12 bits per heavy atom. The molecule has 5 atom stereocenters. The Hall–Kier alpha value is -1.95. The number of nitrogens with zero attached hydrogens (tertiary/aromatic N) is 1. The Morgan fingerprint density at radius 3 is 2.53 bits per heavy atom. The summed E-state index contributed by atoms with van der Waals surface area (Å²) >= 11 is 12.7. The second-order valence-electron chi connectivity index (χ2n) is 9.38. The number of piperidine rings is 1. The molecule has 0 radical (unpaired) electrons. The van der Waals surface area contributed by atoms with Gasteiger partial charge in [-0.15, -0.1) is 0 Å². The molecule has 0 unspecified atom stereocenters. The zero-order chi connectivity index (χ0) is 22.4. The van der Waals surface area contributed by atoms with Gasteiger partial charge >= 0.3 is 5.97 Å². The van der Waals surface area contributed by atoms with Gasteiger partial charge in [-0.1, -0.05) is 35.3 Å². The lowest BCUT2D eigenvalue weighted by molar-refractivity contribution is -0.144. The van der Waals surface area contributed by atoms with E-state index in [0.29, 0.717) is 21.8 Å². The summed E-state index contributed by atoms with van der Waals surface area (Å²) in [6.07, 6.45) is 3.84. The topological polar surface area (TPSA) is 61.8 Å². The number of aliphatic carboxylic acids is 1. The largest absolute Gasteiger partial charge is 0.485 e. The van der Waals surface area contributed by atoms with Crippen molar-refractivity contribution in [2.75, 3.05) is 18.0 Å². The van der Waals surface area contributed by atoms with Crippen molar-refractivity contribution in [3.8, 4) is 5.75 Å². The van der Waals surface area contributed by atoms with Crippen molar-refractivity contribution in [2.45, 2.75) is 56.7 Å². The van der Waals surface area contributed by atoms with Gasteiger partial charge in [0.2, 0.25) is 0 Å². The van der Waals surface area contributed by atoms with E-state index >= 15 is 0 Å². The lowest BCUT2D eigenvalue weighted by Gasteiger charge is -2.35. The number of rotatable bonds is 5. The molecule has 0 saturated carbocycles. The summed E-state index contributed by atoms with van der Waals surface area (Å²) in [5.74, 6) is -0.416. The van der Waals surface area contributed by atoms with E-state index < -0.39 is 5.97 Å². The number of hydrogen-bond acceptors (Lipinski definition) is 4. The van der Waals surface area contributed by atoms with E-state index in [9.17, 15) is 9.90 Å². The number of ether oxygens (including phenoxy) is 1. The van der Waals surface area contributed by atoms with Crippen LogP contribution in [0.5, 0.6) is 5.75 Å². The van der Waals surface area contributed by atoms with Gasteiger partial charge in [0, 0.05) is 36.7 Å². The standard InChI is InChI=1S/C25H28Cl2N2O3/c1-14-10-20(26)24(21(27)11-14)32-18-8-9-29(13-18)17-5-2-15(3-6-17)19-12-16-4-7-22(28-16)23(19)25(30)31/h2-3,5-6,10-11,16,18-19,22-23,28H,4,7-9,12-13H2,1H3,(H,30,31)/t16-,18+,19+,22+,23+/m0/s1. The molecule has 3 heterocycles. The van der Waals surface area contributed by atoms with E-state index in [1.165, 1.54) is 0 Å². The number of halogens is 2. The van der Waals surface area contributed by atoms with Crippen LogP contribution in [-0.2, 0) is 4.79 Å². The van der Waals surface area contributed by atoms with Crippen LogP contribution < -0.4 is 15.0 Å². The fourth-order valence-corrected chi connectivity index (χ4v) is 6.38. The van der Waals surface area contributed by atoms with E-state index in [1.54, 1.807) is 0 Å². The van der Waals surface area contributed by atoms with Crippen molar-refractivity contribution in [1.29, 1.82) is 0 Å². The molecule has 2 N–H and O–H groups in total. The number of carboxylic acids is 1. The average molecular weight is 475 g/mol. The lowest BCUT2D eigenvalue weighted by Crippen LogP contribution is -2.47. The molecule has 3 fully saturated rings. The number of benzene rings is 2. The molecule has 0 aliphatic carbocycles. The highest BCUT2D eigenvalue weighted by Gasteiger charge is 2.45. The van der Waals surface area contributed by atoms with E-state index in [4.69, 9.17) is 27.9 Å². The SMILES string of the molecule is Cc1cc(Cl)c(O[C@@H]2CCN(c3ccc([C@H]4C[C@@H]5CC[C@@H](N5)[C@@H]4C(=O)O)cc3)C2)c(Cl)c1. The molecule has 2 aromatic rings. The molecule has 5 nitrogen and oxygen atoms in total. The third-order valence-electron chi connectivity index (χ3n) is 7.23. The zero-order valence-electron chi connectivity index (χ0n) is 18.1. The fraction of sp³-hybridized carbons (Fsp3) is 0.480. The molecule has 0 amide bonds. The van der Waals surface area contributed by atoms with Crippen molar-refractivity contribution in [3.63, 3.8) is 0 Å². The van der Waals surface area contributed by atoms with Gasteiger partial charge in [-0.2, -0.15) is 0 Å². The van der Waals surface area contributed by atoms with Crippen molar-refractivity contribution < 1.29 is 14.6 Å².